The molecule has 2 amide bonds. The first-order valence-electron chi connectivity index (χ1n) is 7.72. The number of esters is 1. The molecule has 0 aromatic heterocycles. The Kier molecular flexibility index (Phi) is 4.74. The third-order valence-electron chi connectivity index (χ3n) is 3.81. The van der Waals surface area contributed by atoms with Crippen molar-refractivity contribution >= 4 is 17.7 Å². The maximum atomic E-state index is 12.1. The summed E-state index contributed by atoms with van der Waals surface area (Å²) in [6.07, 6.45) is 0. The van der Waals surface area contributed by atoms with Crippen molar-refractivity contribution in [2.75, 3.05) is 19.2 Å². The molecule has 1 heterocycles. The second-order valence-corrected chi connectivity index (χ2v) is 5.50. The predicted molar refractivity (Wildman–Crippen MR) is 90.9 cm³/mol. The van der Waals surface area contributed by atoms with Crippen LogP contribution in [0.3, 0.4) is 0 Å². The lowest BCUT2D eigenvalue weighted by atomic mass is 10.1. The Balaban J connectivity index is 1.59. The fraction of sp³-hybridized carbons (Fsp3) is 0.222. The molecule has 2 N–H and O–H groups in total. The minimum Gasteiger partial charge on any atom is -0.465 e. The summed E-state index contributed by atoms with van der Waals surface area (Å²) in [5, 5.41) is 5.57. The van der Waals surface area contributed by atoms with E-state index in [0.29, 0.717) is 22.7 Å². The van der Waals surface area contributed by atoms with Crippen LogP contribution in [0.5, 0.6) is 11.5 Å². The van der Waals surface area contributed by atoms with Crippen molar-refractivity contribution < 1.29 is 23.8 Å². The quantitative estimate of drug-likeness (QED) is 0.834. The van der Waals surface area contributed by atoms with Gasteiger partial charge < -0.3 is 24.8 Å². The Morgan fingerprint density at radius 2 is 1.80 bits per heavy atom. The highest BCUT2D eigenvalue weighted by molar-refractivity contribution is 5.92. The van der Waals surface area contributed by atoms with E-state index in [2.05, 4.69) is 15.4 Å². The van der Waals surface area contributed by atoms with Crippen LogP contribution >= 0.6 is 0 Å². The van der Waals surface area contributed by atoms with Gasteiger partial charge in [-0.05, 0) is 48.9 Å². The Labute approximate surface area is 144 Å². The molecule has 1 atom stereocenters. The van der Waals surface area contributed by atoms with E-state index in [9.17, 15) is 9.59 Å². The molecule has 1 aliphatic rings. The molecular weight excluding hydrogens is 324 g/mol. The second-order valence-electron chi connectivity index (χ2n) is 5.50. The number of carbonyl (C=O) groups excluding carboxylic acids is 2. The van der Waals surface area contributed by atoms with Gasteiger partial charge in [0.05, 0.1) is 18.7 Å². The van der Waals surface area contributed by atoms with Crippen molar-refractivity contribution in [1.29, 1.82) is 0 Å². The van der Waals surface area contributed by atoms with Crippen molar-refractivity contribution in [1.82, 2.24) is 5.32 Å². The van der Waals surface area contributed by atoms with Crippen LogP contribution < -0.4 is 20.1 Å². The van der Waals surface area contributed by atoms with Crippen LogP contribution in [0.2, 0.25) is 0 Å². The summed E-state index contributed by atoms with van der Waals surface area (Å²) in [5.74, 6) is 0.948. The number of methoxy groups -OCH3 is 1. The molecule has 1 aliphatic heterocycles. The van der Waals surface area contributed by atoms with E-state index in [1.54, 1.807) is 24.3 Å². The number of amides is 2. The highest BCUT2D eigenvalue weighted by Crippen LogP contribution is 2.34. The van der Waals surface area contributed by atoms with Crippen molar-refractivity contribution in [2.45, 2.75) is 13.0 Å². The molecule has 7 heteroatoms. The van der Waals surface area contributed by atoms with Gasteiger partial charge in [-0.3, -0.25) is 0 Å². The monoisotopic (exact) mass is 342 g/mol. The molecule has 0 saturated carbocycles. The van der Waals surface area contributed by atoms with E-state index >= 15 is 0 Å². The van der Waals surface area contributed by atoms with Crippen LogP contribution in [-0.4, -0.2) is 25.9 Å². The number of carbonyl (C=O) groups is 2. The van der Waals surface area contributed by atoms with E-state index < -0.39 is 5.97 Å². The van der Waals surface area contributed by atoms with Crippen molar-refractivity contribution in [2.24, 2.45) is 0 Å². The Morgan fingerprint density at radius 1 is 1.08 bits per heavy atom. The number of ether oxygens (including phenoxy) is 3. The molecule has 7 nitrogen and oxygen atoms in total. The van der Waals surface area contributed by atoms with Crippen LogP contribution in [0.4, 0.5) is 10.5 Å². The van der Waals surface area contributed by atoms with E-state index in [0.717, 1.165) is 5.56 Å². The van der Waals surface area contributed by atoms with Crippen molar-refractivity contribution in [3.63, 3.8) is 0 Å². The lowest BCUT2D eigenvalue weighted by molar-refractivity contribution is 0.0600. The van der Waals surface area contributed by atoms with Crippen LogP contribution in [0.1, 0.15) is 28.9 Å². The zero-order valence-corrected chi connectivity index (χ0v) is 13.9. The van der Waals surface area contributed by atoms with Crippen LogP contribution in [0, 0.1) is 0 Å². The minimum absolute atomic E-state index is 0.211. The van der Waals surface area contributed by atoms with Gasteiger partial charge in [-0.1, -0.05) is 6.07 Å². The lowest BCUT2D eigenvalue weighted by Crippen LogP contribution is -2.31. The Bertz CT molecular complexity index is 789. The van der Waals surface area contributed by atoms with Gasteiger partial charge in [0.25, 0.3) is 0 Å². The molecule has 0 spiro atoms. The van der Waals surface area contributed by atoms with Gasteiger partial charge in [0.2, 0.25) is 6.79 Å². The summed E-state index contributed by atoms with van der Waals surface area (Å²) >= 11 is 0. The maximum absolute atomic E-state index is 12.1. The standard InChI is InChI=1S/C18H18N2O5/c1-11(13-5-8-15-16(9-13)25-10-24-15)19-18(22)20-14-6-3-12(4-7-14)17(21)23-2/h3-9,11H,10H2,1-2H3,(H2,19,20,22). The molecule has 1 unspecified atom stereocenters. The van der Waals surface area contributed by atoms with Crippen LogP contribution in [0.15, 0.2) is 42.5 Å². The molecule has 0 fully saturated rings. The topological polar surface area (TPSA) is 85.9 Å². The van der Waals surface area contributed by atoms with E-state index in [1.807, 2.05) is 25.1 Å². The van der Waals surface area contributed by atoms with Gasteiger partial charge in [0, 0.05) is 5.69 Å². The van der Waals surface area contributed by atoms with E-state index in [1.165, 1.54) is 7.11 Å². The number of nitrogens with one attached hydrogen (secondary N) is 2. The molecule has 0 aliphatic carbocycles. The fourth-order valence-electron chi connectivity index (χ4n) is 2.44. The average molecular weight is 342 g/mol. The number of urea groups is 1. The highest BCUT2D eigenvalue weighted by Gasteiger charge is 2.17. The average Bonchev–Trinajstić information content (AvgIpc) is 3.09. The summed E-state index contributed by atoms with van der Waals surface area (Å²) in [5.41, 5.74) is 1.89. The first-order valence-corrected chi connectivity index (χ1v) is 7.72. The summed E-state index contributed by atoms with van der Waals surface area (Å²) < 4.78 is 15.2. The SMILES string of the molecule is COC(=O)c1ccc(NC(=O)NC(C)c2ccc3c(c2)OCO3)cc1. The molecular formula is C18H18N2O5. The second kappa shape index (κ2) is 7.12. The molecule has 130 valence electrons. The molecule has 3 rings (SSSR count). The van der Waals surface area contributed by atoms with Crippen molar-refractivity contribution in [3.8, 4) is 11.5 Å². The van der Waals surface area contributed by atoms with Crippen LogP contribution in [0.25, 0.3) is 0 Å². The largest absolute Gasteiger partial charge is 0.465 e. The number of hydrogen-bond acceptors (Lipinski definition) is 5. The Hall–Kier alpha value is -3.22. The smallest absolute Gasteiger partial charge is 0.337 e. The van der Waals surface area contributed by atoms with E-state index in [-0.39, 0.29) is 18.9 Å². The molecule has 0 bridgehead atoms. The summed E-state index contributed by atoms with van der Waals surface area (Å²) in [6, 6.07) is 11.4. The molecule has 2 aromatic carbocycles. The van der Waals surface area contributed by atoms with Crippen molar-refractivity contribution in [3.05, 3.63) is 53.6 Å². The predicted octanol–water partition coefficient (Wildman–Crippen LogP) is 3.08. The van der Waals surface area contributed by atoms with Gasteiger partial charge in [0.1, 0.15) is 0 Å². The molecule has 2 aromatic rings. The zero-order chi connectivity index (χ0) is 17.8. The zero-order valence-electron chi connectivity index (χ0n) is 13.9. The van der Waals surface area contributed by atoms with E-state index in [4.69, 9.17) is 9.47 Å². The third kappa shape index (κ3) is 3.82. The summed E-state index contributed by atoms with van der Waals surface area (Å²) in [7, 11) is 1.32. The number of benzene rings is 2. The minimum atomic E-state index is -0.424. The number of fused-ring (bicyclic) bond motifs is 1. The number of hydrogen-bond donors (Lipinski definition) is 2. The summed E-state index contributed by atoms with van der Waals surface area (Å²) in [6.45, 7) is 2.08. The molecule has 25 heavy (non-hydrogen) atoms. The lowest BCUT2D eigenvalue weighted by Gasteiger charge is -2.15. The fourth-order valence-corrected chi connectivity index (χ4v) is 2.44. The summed E-state index contributed by atoms with van der Waals surface area (Å²) in [4.78, 5) is 23.5. The van der Waals surface area contributed by atoms with Gasteiger partial charge >= 0.3 is 12.0 Å². The van der Waals surface area contributed by atoms with Gasteiger partial charge in [0.15, 0.2) is 11.5 Å². The Morgan fingerprint density at radius 3 is 2.52 bits per heavy atom. The molecule has 0 saturated heterocycles. The molecule has 0 radical (unpaired) electrons. The van der Waals surface area contributed by atoms with Gasteiger partial charge in [-0.15, -0.1) is 0 Å². The maximum Gasteiger partial charge on any atom is 0.337 e. The highest BCUT2D eigenvalue weighted by atomic mass is 16.7. The first-order chi connectivity index (χ1) is 12.1. The first kappa shape index (κ1) is 16.6. The normalized spacial score (nSPS) is 13.0. The van der Waals surface area contributed by atoms with Gasteiger partial charge in [-0.25, -0.2) is 9.59 Å². The third-order valence-corrected chi connectivity index (χ3v) is 3.81. The number of rotatable bonds is 4. The number of anilines is 1. The van der Waals surface area contributed by atoms with Gasteiger partial charge in [-0.2, -0.15) is 0 Å². The van der Waals surface area contributed by atoms with Crippen LogP contribution in [-0.2, 0) is 4.74 Å².